The summed E-state index contributed by atoms with van der Waals surface area (Å²) in [5, 5.41) is 14.4. The van der Waals surface area contributed by atoms with E-state index in [0.717, 1.165) is 19.4 Å². The molecule has 2 N–H and O–H groups in total. The Kier molecular flexibility index (Phi) is 5.62. The van der Waals surface area contributed by atoms with Gasteiger partial charge in [0, 0.05) is 18.7 Å². The van der Waals surface area contributed by atoms with E-state index in [-0.39, 0.29) is 17.9 Å². The normalized spacial score (nSPS) is 15.9. The van der Waals surface area contributed by atoms with Gasteiger partial charge in [0.2, 0.25) is 0 Å². The van der Waals surface area contributed by atoms with Gasteiger partial charge in [-0.05, 0) is 49.2 Å². The summed E-state index contributed by atoms with van der Waals surface area (Å²) in [4.78, 5) is 24.9. The smallest absolute Gasteiger partial charge is 0.255 e. The monoisotopic (exact) mass is 349 g/mol. The maximum Gasteiger partial charge on any atom is 0.255 e. The van der Waals surface area contributed by atoms with Crippen LogP contribution in [0, 0.1) is 11.3 Å². The van der Waals surface area contributed by atoms with Gasteiger partial charge in [-0.15, -0.1) is 0 Å². The van der Waals surface area contributed by atoms with E-state index in [1.54, 1.807) is 48.5 Å². The number of amides is 2. The molecular weight excluding hydrogens is 330 g/mol. The molecule has 1 saturated heterocycles. The van der Waals surface area contributed by atoms with Crippen LogP contribution in [-0.2, 0) is 4.74 Å². The Morgan fingerprint density at radius 1 is 1.12 bits per heavy atom. The molecule has 0 saturated carbocycles. The van der Waals surface area contributed by atoms with E-state index in [2.05, 4.69) is 10.6 Å². The van der Waals surface area contributed by atoms with Crippen LogP contribution in [0.25, 0.3) is 0 Å². The Morgan fingerprint density at radius 3 is 2.58 bits per heavy atom. The number of benzene rings is 2. The largest absolute Gasteiger partial charge is 0.376 e. The summed E-state index contributed by atoms with van der Waals surface area (Å²) in [6.07, 6.45) is 2.01. The summed E-state index contributed by atoms with van der Waals surface area (Å²) in [6.45, 7) is 1.19. The van der Waals surface area contributed by atoms with Gasteiger partial charge in [-0.3, -0.25) is 9.59 Å². The van der Waals surface area contributed by atoms with Crippen molar-refractivity contribution >= 4 is 17.5 Å². The van der Waals surface area contributed by atoms with Gasteiger partial charge >= 0.3 is 0 Å². The van der Waals surface area contributed by atoms with Crippen molar-refractivity contribution in [3.05, 3.63) is 65.2 Å². The zero-order valence-electron chi connectivity index (χ0n) is 14.2. The first-order valence-corrected chi connectivity index (χ1v) is 8.47. The molecule has 1 aliphatic rings. The van der Waals surface area contributed by atoms with Crippen LogP contribution in [0.2, 0.25) is 0 Å². The third kappa shape index (κ3) is 4.26. The number of rotatable bonds is 5. The Bertz CT molecular complexity index is 834. The van der Waals surface area contributed by atoms with Crippen molar-refractivity contribution in [2.24, 2.45) is 0 Å². The first-order chi connectivity index (χ1) is 12.7. The number of carbonyl (C=O) groups excluding carboxylic acids is 2. The molecule has 26 heavy (non-hydrogen) atoms. The minimum absolute atomic E-state index is 0.0550. The molecule has 0 aliphatic carbocycles. The number of anilines is 1. The van der Waals surface area contributed by atoms with Crippen LogP contribution >= 0.6 is 0 Å². The first-order valence-electron chi connectivity index (χ1n) is 8.47. The van der Waals surface area contributed by atoms with Gasteiger partial charge < -0.3 is 15.4 Å². The molecule has 2 aromatic carbocycles. The number of hydrogen-bond donors (Lipinski definition) is 2. The van der Waals surface area contributed by atoms with Crippen LogP contribution in [-0.4, -0.2) is 31.1 Å². The van der Waals surface area contributed by atoms with E-state index >= 15 is 0 Å². The van der Waals surface area contributed by atoms with Gasteiger partial charge in [-0.2, -0.15) is 5.26 Å². The fourth-order valence-electron chi connectivity index (χ4n) is 2.79. The Hall–Kier alpha value is -3.17. The summed E-state index contributed by atoms with van der Waals surface area (Å²) in [5.74, 6) is -0.593. The number of nitrogens with one attached hydrogen (secondary N) is 2. The molecule has 6 heteroatoms. The van der Waals surface area contributed by atoms with E-state index < -0.39 is 0 Å². The third-order valence-electron chi connectivity index (χ3n) is 4.21. The Labute approximate surface area is 151 Å². The van der Waals surface area contributed by atoms with Crippen LogP contribution in [0.5, 0.6) is 0 Å². The Morgan fingerprint density at radius 2 is 1.88 bits per heavy atom. The highest BCUT2D eigenvalue weighted by atomic mass is 16.5. The Balaban J connectivity index is 1.68. The summed E-state index contributed by atoms with van der Waals surface area (Å²) in [6, 6.07) is 15.2. The van der Waals surface area contributed by atoms with Gasteiger partial charge in [-0.25, -0.2) is 0 Å². The molecular formula is C20H19N3O3. The van der Waals surface area contributed by atoms with E-state index in [0.29, 0.717) is 28.9 Å². The van der Waals surface area contributed by atoms with Crippen molar-refractivity contribution in [1.82, 2.24) is 5.32 Å². The van der Waals surface area contributed by atoms with Crippen molar-refractivity contribution in [3.8, 4) is 6.07 Å². The molecule has 1 atom stereocenters. The molecule has 6 nitrogen and oxygen atoms in total. The second-order valence-electron chi connectivity index (χ2n) is 6.03. The second kappa shape index (κ2) is 8.28. The number of ether oxygens (including phenoxy) is 1. The number of nitrogens with zero attached hydrogens (tertiary/aromatic N) is 1. The zero-order chi connectivity index (χ0) is 18.4. The van der Waals surface area contributed by atoms with Crippen LogP contribution in [0.15, 0.2) is 48.5 Å². The van der Waals surface area contributed by atoms with Crippen molar-refractivity contribution in [1.29, 1.82) is 5.26 Å². The molecule has 0 aromatic heterocycles. The maximum absolute atomic E-state index is 12.5. The number of nitriles is 1. The van der Waals surface area contributed by atoms with Crippen LogP contribution in [0.1, 0.15) is 39.1 Å². The highest BCUT2D eigenvalue weighted by Crippen LogP contribution is 2.17. The summed E-state index contributed by atoms with van der Waals surface area (Å²) in [7, 11) is 0. The van der Waals surface area contributed by atoms with Gasteiger partial charge in [0.05, 0.1) is 29.0 Å². The van der Waals surface area contributed by atoms with Crippen molar-refractivity contribution in [2.45, 2.75) is 18.9 Å². The number of hydrogen-bond acceptors (Lipinski definition) is 4. The maximum atomic E-state index is 12.5. The molecule has 3 rings (SSSR count). The first kappa shape index (κ1) is 17.6. The van der Waals surface area contributed by atoms with E-state index in [9.17, 15) is 9.59 Å². The second-order valence-corrected chi connectivity index (χ2v) is 6.03. The summed E-state index contributed by atoms with van der Waals surface area (Å²) < 4.78 is 5.50. The van der Waals surface area contributed by atoms with Gasteiger partial charge in [-0.1, -0.05) is 12.1 Å². The van der Waals surface area contributed by atoms with E-state index in [4.69, 9.17) is 10.00 Å². The van der Waals surface area contributed by atoms with Crippen LogP contribution < -0.4 is 10.6 Å². The molecule has 2 amide bonds. The average molecular weight is 349 g/mol. The fourth-order valence-corrected chi connectivity index (χ4v) is 2.79. The molecule has 0 radical (unpaired) electrons. The SMILES string of the molecule is N#Cc1ccc(C(=O)Nc2ccccc2C(=O)NC[C@@H]2CCCO2)cc1. The summed E-state index contributed by atoms with van der Waals surface area (Å²) in [5.41, 5.74) is 1.73. The lowest BCUT2D eigenvalue weighted by molar-refractivity contribution is 0.0858. The minimum Gasteiger partial charge on any atom is -0.376 e. The standard InChI is InChI=1S/C20H19N3O3/c21-12-14-7-9-15(10-8-14)19(24)23-18-6-2-1-5-17(18)20(25)22-13-16-4-3-11-26-16/h1-2,5-10,16H,3-4,11,13H2,(H,22,25)(H,23,24)/t16-/m0/s1. The van der Waals surface area contributed by atoms with Crippen LogP contribution in [0.3, 0.4) is 0 Å². The fraction of sp³-hybridized carbons (Fsp3) is 0.250. The lowest BCUT2D eigenvalue weighted by Crippen LogP contribution is -2.32. The zero-order valence-corrected chi connectivity index (χ0v) is 14.2. The van der Waals surface area contributed by atoms with Gasteiger partial charge in [0.15, 0.2) is 0 Å². The molecule has 1 fully saturated rings. The molecule has 2 aromatic rings. The highest BCUT2D eigenvalue weighted by molar-refractivity contribution is 6.09. The van der Waals surface area contributed by atoms with Crippen molar-refractivity contribution in [2.75, 3.05) is 18.5 Å². The molecule has 0 unspecified atom stereocenters. The topological polar surface area (TPSA) is 91.2 Å². The van der Waals surface area contributed by atoms with Crippen molar-refractivity contribution < 1.29 is 14.3 Å². The van der Waals surface area contributed by atoms with E-state index in [1.807, 2.05) is 6.07 Å². The third-order valence-corrected chi connectivity index (χ3v) is 4.21. The molecule has 1 heterocycles. The quantitative estimate of drug-likeness (QED) is 0.868. The van der Waals surface area contributed by atoms with E-state index in [1.165, 1.54) is 0 Å². The number of carbonyl (C=O) groups is 2. The molecule has 1 aliphatic heterocycles. The van der Waals surface area contributed by atoms with Gasteiger partial charge in [0.1, 0.15) is 0 Å². The predicted octanol–water partition coefficient (Wildman–Crippen LogP) is 2.72. The predicted molar refractivity (Wildman–Crippen MR) is 96.9 cm³/mol. The molecule has 0 spiro atoms. The molecule has 0 bridgehead atoms. The average Bonchev–Trinajstić information content (AvgIpc) is 3.20. The highest BCUT2D eigenvalue weighted by Gasteiger charge is 2.18. The lowest BCUT2D eigenvalue weighted by atomic mass is 10.1. The van der Waals surface area contributed by atoms with Crippen molar-refractivity contribution in [3.63, 3.8) is 0 Å². The van der Waals surface area contributed by atoms with Crippen LogP contribution in [0.4, 0.5) is 5.69 Å². The number of para-hydroxylation sites is 1. The lowest BCUT2D eigenvalue weighted by Gasteiger charge is -2.14. The molecule has 132 valence electrons. The summed E-state index contributed by atoms with van der Waals surface area (Å²) >= 11 is 0. The van der Waals surface area contributed by atoms with Gasteiger partial charge in [0.25, 0.3) is 11.8 Å². The minimum atomic E-state index is -0.339.